The Bertz CT molecular complexity index is 558. The Balaban J connectivity index is 3.63. The van der Waals surface area contributed by atoms with Gasteiger partial charge in [0, 0.05) is 5.56 Å². The third kappa shape index (κ3) is 3.36. The molecule has 0 atom stereocenters. The number of nitrogens with zero attached hydrogens (tertiary/aromatic N) is 2. The van der Waals surface area contributed by atoms with E-state index in [0.29, 0.717) is 0 Å². The minimum Gasteiger partial charge on any atom is -0.481 e. The molecule has 0 saturated carbocycles. The highest BCUT2D eigenvalue weighted by Gasteiger charge is 2.38. The molecule has 1 N–H and O–H groups in total. The van der Waals surface area contributed by atoms with Crippen molar-refractivity contribution < 1.29 is 36.8 Å². The van der Waals surface area contributed by atoms with Crippen molar-refractivity contribution in [2.45, 2.75) is 19.0 Å². The van der Waals surface area contributed by atoms with E-state index in [4.69, 9.17) is 5.11 Å². The van der Waals surface area contributed by atoms with Crippen LogP contribution in [0.3, 0.4) is 0 Å². The van der Waals surface area contributed by atoms with E-state index in [1.54, 1.807) is 0 Å². The van der Waals surface area contributed by atoms with Gasteiger partial charge in [-0.25, -0.2) is 13.8 Å². The SMILES string of the molecule is O=C(O)Cc1cc(C(F)(F)F)nc(C(F)F)c1[N+](=O)[O-]. The van der Waals surface area contributed by atoms with Gasteiger partial charge in [0.25, 0.3) is 12.1 Å². The van der Waals surface area contributed by atoms with Crippen LogP contribution in [0, 0.1) is 10.1 Å². The largest absolute Gasteiger partial charge is 0.481 e. The van der Waals surface area contributed by atoms with E-state index in [0.717, 1.165) is 0 Å². The number of hydrogen-bond acceptors (Lipinski definition) is 4. The zero-order valence-corrected chi connectivity index (χ0v) is 9.32. The van der Waals surface area contributed by atoms with Crippen LogP contribution in [0.2, 0.25) is 0 Å². The maximum atomic E-state index is 12.6. The van der Waals surface area contributed by atoms with E-state index in [9.17, 15) is 36.9 Å². The molecule has 0 fully saturated rings. The number of aromatic nitrogens is 1. The summed E-state index contributed by atoms with van der Waals surface area (Å²) in [4.78, 5) is 22.3. The van der Waals surface area contributed by atoms with E-state index in [-0.39, 0.29) is 6.07 Å². The molecule has 1 aromatic rings. The van der Waals surface area contributed by atoms with Crippen molar-refractivity contribution in [3.63, 3.8) is 0 Å². The second kappa shape index (κ2) is 5.35. The quantitative estimate of drug-likeness (QED) is 0.524. The number of halogens is 5. The Morgan fingerprint density at radius 1 is 1.45 bits per heavy atom. The van der Waals surface area contributed by atoms with Crippen molar-refractivity contribution in [3.8, 4) is 0 Å². The average molecular weight is 300 g/mol. The molecule has 0 bridgehead atoms. The molecule has 1 aromatic heterocycles. The number of aliphatic carboxylic acids is 1. The van der Waals surface area contributed by atoms with Crippen molar-refractivity contribution in [3.05, 3.63) is 33.1 Å². The molecule has 0 aliphatic carbocycles. The third-order valence-corrected chi connectivity index (χ3v) is 2.12. The maximum Gasteiger partial charge on any atom is 0.433 e. The van der Waals surface area contributed by atoms with Gasteiger partial charge in [-0.2, -0.15) is 13.2 Å². The fourth-order valence-electron chi connectivity index (χ4n) is 1.42. The number of alkyl halides is 5. The highest BCUT2D eigenvalue weighted by atomic mass is 19.4. The number of carbonyl (C=O) groups is 1. The first-order valence-corrected chi connectivity index (χ1v) is 4.79. The molecule has 0 amide bonds. The van der Waals surface area contributed by atoms with Gasteiger partial charge in [-0.15, -0.1) is 0 Å². The van der Waals surface area contributed by atoms with Crippen LogP contribution < -0.4 is 0 Å². The van der Waals surface area contributed by atoms with E-state index in [1.165, 1.54) is 0 Å². The molecule has 0 aromatic carbocycles. The molecule has 6 nitrogen and oxygen atoms in total. The van der Waals surface area contributed by atoms with E-state index in [1.807, 2.05) is 0 Å². The molecule has 0 radical (unpaired) electrons. The van der Waals surface area contributed by atoms with Crippen molar-refractivity contribution in [2.75, 3.05) is 0 Å². The first-order valence-electron chi connectivity index (χ1n) is 4.79. The van der Waals surface area contributed by atoms with Crippen molar-refractivity contribution in [1.82, 2.24) is 4.98 Å². The highest BCUT2D eigenvalue weighted by Crippen LogP contribution is 2.36. The normalized spacial score (nSPS) is 11.7. The number of pyridine rings is 1. The monoisotopic (exact) mass is 300 g/mol. The average Bonchev–Trinajstić information content (AvgIpc) is 2.25. The summed E-state index contributed by atoms with van der Waals surface area (Å²) in [5.41, 5.74) is -5.92. The molecule has 0 spiro atoms. The summed E-state index contributed by atoms with van der Waals surface area (Å²) in [5, 5.41) is 19.1. The summed E-state index contributed by atoms with van der Waals surface area (Å²) in [6.07, 6.45) is -9.99. The van der Waals surface area contributed by atoms with Crippen molar-refractivity contribution in [2.24, 2.45) is 0 Å². The molecule has 11 heteroatoms. The first-order chi connectivity index (χ1) is 9.04. The number of hydrogen-bond donors (Lipinski definition) is 1. The van der Waals surface area contributed by atoms with Gasteiger partial charge in [-0.3, -0.25) is 14.9 Å². The molecule has 110 valence electrons. The zero-order valence-electron chi connectivity index (χ0n) is 9.32. The molecule has 20 heavy (non-hydrogen) atoms. The maximum absolute atomic E-state index is 12.6. The number of nitro groups is 1. The Morgan fingerprint density at radius 3 is 2.35 bits per heavy atom. The summed E-state index contributed by atoms with van der Waals surface area (Å²) in [6.45, 7) is 0. The number of carboxylic acid groups (broad SMARTS) is 1. The molecular formula is C9H5F5N2O4. The van der Waals surface area contributed by atoms with Crippen LogP contribution in [-0.2, 0) is 17.4 Å². The number of carboxylic acids is 1. The molecule has 0 unspecified atom stereocenters. The summed E-state index contributed by atoms with van der Waals surface area (Å²) >= 11 is 0. The zero-order chi connectivity index (χ0) is 15.7. The lowest BCUT2D eigenvalue weighted by molar-refractivity contribution is -0.387. The molecule has 1 rings (SSSR count). The van der Waals surface area contributed by atoms with Crippen molar-refractivity contribution in [1.29, 1.82) is 0 Å². The predicted molar refractivity (Wildman–Crippen MR) is 52.2 cm³/mol. The molecule has 0 aliphatic heterocycles. The van der Waals surface area contributed by atoms with Gasteiger partial charge in [0.1, 0.15) is 5.69 Å². The minimum absolute atomic E-state index is 0.0815. The van der Waals surface area contributed by atoms with E-state index >= 15 is 0 Å². The molecule has 0 aliphatic rings. The van der Waals surface area contributed by atoms with Gasteiger partial charge in [-0.05, 0) is 6.07 Å². The summed E-state index contributed by atoms with van der Waals surface area (Å²) < 4.78 is 62.6. The predicted octanol–water partition coefficient (Wildman–Crippen LogP) is 2.57. The summed E-state index contributed by atoms with van der Waals surface area (Å²) in [7, 11) is 0. The third-order valence-electron chi connectivity index (χ3n) is 2.12. The van der Waals surface area contributed by atoms with Gasteiger partial charge in [-0.1, -0.05) is 0 Å². The Kier molecular flexibility index (Phi) is 4.20. The van der Waals surface area contributed by atoms with Gasteiger partial charge < -0.3 is 5.11 Å². The van der Waals surface area contributed by atoms with Gasteiger partial charge in [0.05, 0.1) is 11.3 Å². The second-order valence-electron chi connectivity index (χ2n) is 3.53. The summed E-state index contributed by atoms with van der Waals surface area (Å²) in [5.74, 6) is -1.70. The van der Waals surface area contributed by atoms with Crippen LogP contribution in [0.5, 0.6) is 0 Å². The lowest BCUT2D eigenvalue weighted by Gasteiger charge is -2.11. The molecule has 1 heterocycles. The Morgan fingerprint density at radius 2 is 2.00 bits per heavy atom. The highest BCUT2D eigenvalue weighted by molar-refractivity contribution is 5.72. The fraction of sp³-hybridized carbons (Fsp3) is 0.333. The van der Waals surface area contributed by atoms with Crippen LogP contribution in [0.25, 0.3) is 0 Å². The van der Waals surface area contributed by atoms with Gasteiger partial charge in [0.2, 0.25) is 0 Å². The van der Waals surface area contributed by atoms with Gasteiger partial charge in [0.15, 0.2) is 5.69 Å². The number of rotatable bonds is 4. The van der Waals surface area contributed by atoms with E-state index in [2.05, 4.69) is 4.98 Å². The smallest absolute Gasteiger partial charge is 0.433 e. The van der Waals surface area contributed by atoms with E-state index < -0.39 is 52.6 Å². The Hall–Kier alpha value is -2.33. The topological polar surface area (TPSA) is 93.3 Å². The lowest BCUT2D eigenvalue weighted by Crippen LogP contribution is -2.15. The fourth-order valence-corrected chi connectivity index (χ4v) is 1.42. The minimum atomic E-state index is -5.13. The standard InChI is InChI=1S/C9H5F5N2O4/c10-8(11)6-7(16(19)20)3(2-5(17)18)1-4(15-6)9(12,13)14/h1,8H,2H2,(H,17,18). The van der Waals surface area contributed by atoms with Crippen LogP contribution in [-0.4, -0.2) is 21.0 Å². The molecule has 0 saturated heterocycles. The van der Waals surface area contributed by atoms with Crippen LogP contribution >= 0.6 is 0 Å². The first kappa shape index (κ1) is 15.7. The second-order valence-corrected chi connectivity index (χ2v) is 3.53. The molecular weight excluding hydrogens is 295 g/mol. The lowest BCUT2D eigenvalue weighted by atomic mass is 10.1. The Labute approximate surface area is 107 Å². The van der Waals surface area contributed by atoms with Crippen LogP contribution in [0.4, 0.5) is 27.6 Å². The van der Waals surface area contributed by atoms with Gasteiger partial charge >= 0.3 is 12.1 Å². The van der Waals surface area contributed by atoms with Crippen LogP contribution in [0.15, 0.2) is 6.07 Å². The van der Waals surface area contributed by atoms with Crippen LogP contribution in [0.1, 0.15) is 23.4 Å². The van der Waals surface area contributed by atoms with Crippen molar-refractivity contribution >= 4 is 11.7 Å². The summed E-state index contributed by atoms with van der Waals surface area (Å²) in [6, 6.07) is 0.0815.